The zero-order chi connectivity index (χ0) is 16.1. The lowest BCUT2D eigenvalue weighted by Gasteiger charge is -2.46. The van der Waals surface area contributed by atoms with Crippen LogP contribution in [-0.2, 0) is 4.74 Å². The molecule has 1 spiro atoms. The first-order valence-electron chi connectivity index (χ1n) is 9.39. The maximum absolute atomic E-state index is 13.4. The van der Waals surface area contributed by atoms with Crippen LogP contribution in [0.5, 0.6) is 0 Å². The molecule has 0 amide bonds. The highest BCUT2D eigenvalue weighted by Crippen LogP contribution is 2.64. The molecular formula is C20H25FN2O. The first-order chi connectivity index (χ1) is 11.8. The third-order valence-electron chi connectivity index (χ3n) is 7.00. The number of nitrogens with zero attached hydrogens (tertiary/aromatic N) is 2. The van der Waals surface area contributed by atoms with E-state index in [4.69, 9.17) is 9.73 Å². The molecule has 0 N–H and O–H groups in total. The Hall–Kier alpha value is -1.26. The smallest absolute Gasteiger partial charge is 0.123 e. The second kappa shape index (κ2) is 5.63. The van der Waals surface area contributed by atoms with E-state index in [9.17, 15) is 4.39 Å². The van der Waals surface area contributed by atoms with Crippen molar-refractivity contribution >= 4 is 6.21 Å². The third kappa shape index (κ3) is 2.12. The number of halogens is 1. The summed E-state index contributed by atoms with van der Waals surface area (Å²) in [7, 11) is 0. The molecule has 128 valence electrons. The van der Waals surface area contributed by atoms with E-state index >= 15 is 0 Å². The van der Waals surface area contributed by atoms with E-state index in [0.717, 1.165) is 32.7 Å². The molecule has 2 bridgehead atoms. The third-order valence-corrected chi connectivity index (χ3v) is 7.00. The highest BCUT2D eigenvalue weighted by atomic mass is 19.1. The van der Waals surface area contributed by atoms with E-state index in [1.807, 2.05) is 12.1 Å². The normalized spacial score (nSPS) is 41.5. The number of hydrogen-bond donors (Lipinski definition) is 0. The van der Waals surface area contributed by atoms with Gasteiger partial charge in [0.05, 0.1) is 18.8 Å². The van der Waals surface area contributed by atoms with Crippen molar-refractivity contribution in [3.05, 3.63) is 35.6 Å². The van der Waals surface area contributed by atoms with Gasteiger partial charge in [0.25, 0.3) is 0 Å². The Bertz CT molecular complexity index is 640. The van der Waals surface area contributed by atoms with Crippen LogP contribution in [0.1, 0.15) is 37.2 Å². The number of rotatable bonds is 2. The maximum atomic E-state index is 13.4. The molecule has 2 saturated carbocycles. The lowest BCUT2D eigenvalue weighted by Crippen LogP contribution is -2.51. The average Bonchev–Trinajstić information content (AvgIpc) is 3.32. The lowest BCUT2D eigenvalue weighted by atomic mass is 9.67. The number of hydrogen-bond acceptors (Lipinski definition) is 3. The predicted molar refractivity (Wildman–Crippen MR) is 92.0 cm³/mol. The Morgan fingerprint density at radius 1 is 1.12 bits per heavy atom. The Labute approximate surface area is 142 Å². The fraction of sp³-hybridized carbons (Fsp3) is 0.650. The van der Waals surface area contributed by atoms with Crippen molar-refractivity contribution in [3.63, 3.8) is 0 Å². The summed E-state index contributed by atoms with van der Waals surface area (Å²) in [5.41, 5.74) is 1.38. The van der Waals surface area contributed by atoms with Crippen molar-refractivity contribution in [1.29, 1.82) is 0 Å². The van der Waals surface area contributed by atoms with Gasteiger partial charge in [-0.05, 0) is 61.4 Å². The molecule has 0 radical (unpaired) electrons. The topological polar surface area (TPSA) is 24.8 Å². The van der Waals surface area contributed by atoms with Gasteiger partial charge in [0.2, 0.25) is 0 Å². The molecule has 3 nitrogen and oxygen atoms in total. The molecule has 2 aliphatic heterocycles. The van der Waals surface area contributed by atoms with Crippen LogP contribution in [0.25, 0.3) is 0 Å². The molecule has 1 aromatic carbocycles. The minimum Gasteiger partial charge on any atom is -0.379 e. The van der Waals surface area contributed by atoms with E-state index in [2.05, 4.69) is 11.1 Å². The summed E-state index contributed by atoms with van der Waals surface area (Å²) in [6.07, 6.45) is 6.97. The second-order valence-electron chi connectivity index (χ2n) is 7.92. The summed E-state index contributed by atoms with van der Waals surface area (Å²) in [5.74, 6) is 1.64. The van der Waals surface area contributed by atoms with Crippen molar-refractivity contribution in [1.82, 2.24) is 4.90 Å². The summed E-state index contributed by atoms with van der Waals surface area (Å²) < 4.78 is 19.0. The highest BCUT2D eigenvalue weighted by Gasteiger charge is 2.63. The summed E-state index contributed by atoms with van der Waals surface area (Å²) in [6, 6.07) is 7.91. The molecule has 5 rings (SSSR count). The van der Waals surface area contributed by atoms with Gasteiger partial charge in [-0.2, -0.15) is 0 Å². The molecule has 2 aliphatic carbocycles. The minimum absolute atomic E-state index is 0.0886. The maximum Gasteiger partial charge on any atom is 0.123 e. The first-order valence-corrected chi connectivity index (χ1v) is 9.39. The van der Waals surface area contributed by atoms with Gasteiger partial charge in [-0.25, -0.2) is 4.39 Å². The van der Waals surface area contributed by atoms with Crippen molar-refractivity contribution in [2.75, 3.05) is 26.3 Å². The van der Waals surface area contributed by atoms with Crippen LogP contribution >= 0.6 is 0 Å². The molecule has 0 aromatic heterocycles. The Balaban J connectivity index is 1.51. The van der Waals surface area contributed by atoms with Crippen LogP contribution in [0, 0.1) is 17.7 Å². The molecule has 1 aromatic rings. The lowest BCUT2D eigenvalue weighted by molar-refractivity contribution is -0.00498. The van der Waals surface area contributed by atoms with Crippen molar-refractivity contribution in [2.45, 2.75) is 43.2 Å². The first kappa shape index (κ1) is 15.0. The Morgan fingerprint density at radius 3 is 2.62 bits per heavy atom. The number of aliphatic imine (C=N–C) groups is 1. The van der Waals surface area contributed by atoms with Gasteiger partial charge in [-0.3, -0.25) is 9.89 Å². The van der Waals surface area contributed by atoms with Crippen molar-refractivity contribution < 1.29 is 9.13 Å². The largest absolute Gasteiger partial charge is 0.379 e. The van der Waals surface area contributed by atoms with Gasteiger partial charge >= 0.3 is 0 Å². The van der Waals surface area contributed by atoms with Crippen LogP contribution in [0.4, 0.5) is 4.39 Å². The number of benzene rings is 1. The molecule has 1 saturated heterocycles. The van der Waals surface area contributed by atoms with Gasteiger partial charge in [-0.15, -0.1) is 0 Å². The summed E-state index contributed by atoms with van der Waals surface area (Å²) in [5, 5.41) is 0. The van der Waals surface area contributed by atoms with Gasteiger partial charge in [0.1, 0.15) is 5.82 Å². The number of morpholine rings is 1. The SMILES string of the molecule is Fc1ccc(C2C3CC(CC3N3CCOCC3)C23CCC=N3)cc1. The van der Waals surface area contributed by atoms with Gasteiger partial charge in [-0.1, -0.05) is 12.1 Å². The molecule has 4 heteroatoms. The fourth-order valence-corrected chi connectivity index (χ4v) is 6.11. The summed E-state index contributed by atoms with van der Waals surface area (Å²) in [6.45, 7) is 3.83. The van der Waals surface area contributed by atoms with Gasteiger partial charge < -0.3 is 4.74 Å². The minimum atomic E-state index is -0.143. The zero-order valence-electron chi connectivity index (χ0n) is 14.0. The molecule has 4 aliphatic rings. The number of ether oxygens (including phenoxy) is 1. The van der Waals surface area contributed by atoms with Crippen LogP contribution in [0.2, 0.25) is 0 Å². The van der Waals surface area contributed by atoms with E-state index in [1.165, 1.54) is 24.8 Å². The van der Waals surface area contributed by atoms with Crippen LogP contribution in [-0.4, -0.2) is 49.0 Å². The predicted octanol–water partition coefficient (Wildman–Crippen LogP) is 3.25. The molecule has 3 fully saturated rings. The summed E-state index contributed by atoms with van der Waals surface area (Å²) >= 11 is 0. The highest BCUT2D eigenvalue weighted by molar-refractivity contribution is 5.62. The Morgan fingerprint density at radius 2 is 1.92 bits per heavy atom. The number of fused-ring (bicyclic) bond motifs is 3. The molecule has 5 atom stereocenters. The molecular weight excluding hydrogens is 303 g/mol. The molecule has 24 heavy (non-hydrogen) atoms. The van der Waals surface area contributed by atoms with Gasteiger partial charge in [0.15, 0.2) is 0 Å². The monoisotopic (exact) mass is 328 g/mol. The van der Waals surface area contributed by atoms with E-state index in [0.29, 0.717) is 23.8 Å². The standard InChI is InChI=1S/C20H25FN2O/c21-16-4-2-14(3-5-16)19-17-12-15(20(19)6-1-7-22-20)13-18(17)23-8-10-24-11-9-23/h2-5,7,15,17-19H,1,6,8-13H2. The van der Waals surface area contributed by atoms with E-state index < -0.39 is 0 Å². The van der Waals surface area contributed by atoms with Crippen LogP contribution < -0.4 is 0 Å². The average molecular weight is 328 g/mol. The fourth-order valence-electron chi connectivity index (χ4n) is 6.11. The van der Waals surface area contributed by atoms with Crippen molar-refractivity contribution in [2.24, 2.45) is 16.8 Å². The van der Waals surface area contributed by atoms with Gasteiger partial charge in [0, 0.05) is 25.0 Å². The zero-order valence-corrected chi connectivity index (χ0v) is 14.0. The van der Waals surface area contributed by atoms with Crippen LogP contribution in [0.15, 0.2) is 29.3 Å². The second-order valence-corrected chi connectivity index (χ2v) is 7.92. The quantitative estimate of drug-likeness (QED) is 0.832. The molecule has 2 heterocycles. The van der Waals surface area contributed by atoms with Crippen LogP contribution in [0.3, 0.4) is 0 Å². The summed E-state index contributed by atoms with van der Waals surface area (Å²) in [4.78, 5) is 7.70. The Kier molecular flexibility index (Phi) is 3.53. The van der Waals surface area contributed by atoms with Crippen molar-refractivity contribution in [3.8, 4) is 0 Å². The molecule has 5 unspecified atom stereocenters. The van der Waals surface area contributed by atoms with E-state index in [-0.39, 0.29) is 11.4 Å². The van der Waals surface area contributed by atoms with E-state index in [1.54, 1.807) is 12.1 Å².